The molecule has 45 heavy (non-hydrogen) atoms. The van der Waals surface area contributed by atoms with Crippen molar-refractivity contribution in [3.63, 3.8) is 0 Å². The summed E-state index contributed by atoms with van der Waals surface area (Å²) in [4.78, 5) is 64.4. The third kappa shape index (κ3) is 21.4. The quantitative estimate of drug-likeness (QED) is 0.0509. The number of carbonyl (C=O) groups is 5. The molecule has 0 aromatic rings. The first kappa shape index (κ1) is 40.1. The number of rotatable bonds is 25. The lowest BCUT2D eigenvalue weighted by Crippen LogP contribution is -2.50. The van der Waals surface area contributed by atoms with Gasteiger partial charge in [0.2, 0.25) is 5.91 Å². The lowest BCUT2D eigenvalue weighted by molar-refractivity contribution is -0.147. The van der Waals surface area contributed by atoms with E-state index in [1.807, 2.05) is 14.7 Å². The van der Waals surface area contributed by atoms with E-state index in [1.165, 1.54) is 0 Å². The van der Waals surface area contributed by atoms with E-state index in [2.05, 4.69) is 5.32 Å². The second-order valence-electron chi connectivity index (χ2n) is 9.93. The molecule has 260 valence electrons. The number of hydrogen-bond acceptors (Lipinski definition) is 16. The van der Waals surface area contributed by atoms with Crippen molar-refractivity contribution in [3.05, 3.63) is 0 Å². The summed E-state index contributed by atoms with van der Waals surface area (Å²) in [5.41, 5.74) is 5.34. The zero-order chi connectivity index (χ0) is 33.0. The number of nitrogens with one attached hydrogen (secondary N) is 1. The number of amides is 1. The Bertz CT molecular complexity index is 814. The van der Waals surface area contributed by atoms with Crippen molar-refractivity contribution in [3.8, 4) is 0 Å². The van der Waals surface area contributed by atoms with Crippen LogP contribution in [0.1, 0.15) is 12.8 Å². The van der Waals surface area contributed by atoms with E-state index in [9.17, 15) is 29.1 Å². The number of ether oxygens (including phenoxy) is 6. The first-order valence-electron chi connectivity index (χ1n) is 15.0. The van der Waals surface area contributed by atoms with Crippen molar-refractivity contribution >= 4 is 31.3 Å². The molecule has 0 aromatic carbocycles. The molecule has 0 saturated carbocycles. The molecule has 1 aliphatic rings. The van der Waals surface area contributed by atoms with Crippen LogP contribution < -0.4 is 11.1 Å². The molecule has 18 heteroatoms. The van der Waals surface area contributed by atoms with Crippen LogP contribution in [0.4, 0.5) is 0 Å². The van der Waals surface area contributed by atoms with E-state index in [-0.39, 0.29) is 38.8 Å². The monoisotopic (exact) mass is 650 g/mol. The first-order valence-corrected chi connectivity index (χ1v) is 15.0. The summed E-state index contributed by atoms with van der Waals surface area (Å²) in [6.45, 7) is 7.19. The fourth-order valence-corrected chi connectivity index (χ4v) is 4.35. The minimum Gasteiger partial charge on any atom is -0.480 e. The second-order valence-corrected chi connectivity index (χ2v) is 9.93. The van der Waals surface area contributed by atoms with Gasteiger partial charge < -0.3 is 44.6 Å². The van der Waals surface area contributed by atoms with Gasteiger partial charge in [0.05, 0.1) is 46.2 Å². The highest BCUT2D eigenvalue weighted by Gasteiger charge is 2.24. The largest absolute Gasteiger partial charge is 0.480 e. The number of hydrogen-bond donors (Lipinski definition) is 3. The fourth-order valence-electron chi connectivity index (χ4n) is 4.35. The summed E-state index contributed by atoms with van der Waals surface area (Å²) in [6.07, 6.45) is -0.480. The maximum atomic E-state index is 12.5. The van der Waals surface area contributed by atoms with Crippen LogP contribution in [-0.2, 0) is 52.4 Å². The average Bonchev–Trinajstić information content (AvgIpc) is 3.02. The maximum Gasteiger partial charge on any atom is 0.317 e. The summed E-state index contributed by atoms with van der Waals surface area (Å²) >= 11 is 0. The molecule has 0 aliphatic carbocycles. The fraction of sp³-hybridized carbons (Fsp3) is 0.815. The Labute approximate surface area is 263 Å². The Hall–Kier alpha value is -2.97. The second kappa shape index (κ2) is 27.3. The smallest absolute Gasteiger partial charge is 0.317 e. The summed E-state index contributed by atoms with van der Waals surface area (Å²) in [5, 5.41) is 12.2. The van der Waals surface area contributed by atoms with Crippen molar-refractivity contribution in [1.82, 2.24) is 24.9 Å². The average molecular weight is 651 g/mol. The van der Waals surface area contributed by atoms with Gasteiger partial charge in [-0.05, 0) is 0 Å². The molecule has 1 aliphatic heterocycles. The molecule has 1 fully saturated rings. The maximum absolute atomic E-state index is 12.5. The van der Waals surface area contributed by atoms with Crippen LogP contribution >= 0.6 is 0 Å². The Morgan fingerprint density at radius 3 is 1.78 bits per heavy atom. The van der Waals surface area contributed by atoms with E-state index < -0.39 is 12.2 Å². The lowest BCUT2D eigenvalue weighted by atomic mass is 10.2. The Kier molecular flexibility index (Phi) is 24.3. The number of nitrogens with zero attached hydrogens (tertiary/aromatic N) is 4. The summed E-state index contributed by atoms with van der Waals surface area (Å²) in [6, 6.07) is 0. The van der Waals surface area contributed by atoms with Crippen molar-refractivity contribution in [2.75, 3.05) is 125 Å². The van der Waals surface area contributed by atoms with Crippen LogP contribution in [0.25, 0.3) is 0 Å². The number of aliphatic carboxylic acids is 1. The third-order valence-electron chi connectivity index (χ3n) is 6.69. The Balaban J connectivity index is 2.69. The summed E-state index contributed by atoms with van der Waals surface area (Å²) < 4.78 is 31.3. The van der Waals surface area contributed by atoms with Gasteiger partial charge in [0.15, 0.2) is 6.23 Å². The molecule has 0 bridgehead atoms. The van der Waals surface area contributed by atoms with Gasteiger partial charge in [0.25, 0.3) is 19.4 Å². The van der Waals surface area contributed by atoms with Crippen LogP contribution in [0, 0.1) is 0 Å². The Morgan fingerprint density at radius 1 is 0.733 bits per heavy atom. The molecule has 18 nitrogen and oxygen atoms in total. The van der Waals surface area contributed by atoms with E-state index in [0.717, 1.165) is 0 Å². The van der Waals surface area contributed by atoms with Crippen molar-refractivity contribution in [2.24, 2.45) is 5.73 Å². The highest BCUT2D eigenvalue weighted by atomic mass is 16.6. The van der Waals surface area contributed by atoms with Gasteiger partial charge in [-0.15, -0.1) is 0 Å². The highest BCUT2D eigenvalue weighted by Crippen LogP contribution is 2.11. The van der Waals surface area contributed by atoms with Gasteiger partial charge in [0.1, 0.15) is 13.5 Å². The van der Waals surface area contributed by atoms with Gasteiger partial charge in [-0.25, -0.2) is 0 Å². The molecule has 4 N–H and O–H groups in total. The van der Waals surface area contributed by atoms with Crippen LogP contribution in [-0.4, -0.2) is 187 Å². The lowest BCUT2D eigenvalue weighted by Gasteiger charge is -2.35. The summed E-state index contributed by atoms with van der Waals surface area (Å²) in [7, 11) is 0. The zero-order valence-corrected chi connectivity index (χ0v) is 26.0. The molecular weight excluding hydrogens is 600 g/mol. The van der Waals surface area contributed by atoms with E-state index in [4.69, 9.17) is 34.2 Å². The number of carboxylic acids is 1. The van der Waals surface area contributed by atoms with Crippen LogP contribution in [0.2, 0.25) is 0 Å². The van der Waals surface area contributed by atoms with E-state index >= 15 is 0 Å². The predicted octanol–water partition coefficient (Wildman–Crippen LogP) is -3.04. The van der Waals surface area contributed by atoms with Crippen molar-refractivity contribution < 1.29 is 57.5 Å². The van der Waals surface area contributed by atoms with Crippen LogP contribution in [0.15, 0.2) is 0 Å². The molecule has 1 heterocycles. The van der Waals surface area contributed by atoms with Crippen LogP contribution in [0.5, 0.6) is 0 Å². The van der Waals surface area contributed by atoms with E-state index in [1.54, 1.807) is 4.90 Å². The van der Waals surface area contributed by atoms with Crippen molar-refractivity contribution in [2.45, 2.75) is 19.1 Å². The molecule has 0 radical (unpaired) electrons. The topological polar surface area (TPSA) is 212 Å². The highest BCUT2D eigenvalue weighted by molar-refractivity contribution is 5.75. The molecule has 0 aromatic heterocycles. The van der Waals surface area contributed by atoms with Gasteiger partial charge in [-0.1, -0.05) is 0 Å². The molecule has 1 rings (SSSR count). The van der Waals surface area contributed by atoms with Gasteiger partial charge >= 0.3 is 5.97 Å². The number of carboxylic acid groups (broad SMARTS) is 1. The molecule has 0 spiro atoms. The summed E-state index contributed by atoms with van der Waals surface area (Å²) in [5.74, 6) is -1.24. The van der Waals surface area contributed by atoms with Crippen LogP contribution in [0.3, 0.4) is 0 Å². The molecule has 1 unspecified atom stereocenters. The molecule has 1 saturated heterocycles. The molecule has 1 amide bonds. The third-order valence-corrected chi connectivity index (χ3v) is 6.69. The van der Waals surface area contributed by atoms with Crippen molar-refractivity contribution in [1.29, 1.82) is 0 Å². The molecular formula is C27H50N6O12. The molecule has 1 atom stereocenters. The number of nitrogens with two attached hydrogens (primary N) is 1. The predicted molar refractivity (Wildman–Crippen MR) is 158 cm³/mol. The minimum absolute atomic E-state index is 0.0177. The number of carbonyl (C=O) groups excluding carboxylic acids is 4. The normalized spacial score (nSPS) is 16.9. The SMILES string of the molecule is NCCOCCOCCOCCNC(=O)CCC(OC=O)N1CCN(COC=O)CCN(COC=O)CCN(CC(=O)O)CC1. The Morgan fingerprint density at radius 2 is 1.24 bits per heavy atom. The minimum atomic E-state index is -0.997. The first-order chi connectivity index (χ1) is 21.9. The van der Waals surface area contributed by atoms with Gasteiger partial charge in [-0.2, -0.15) is 0 Å². The van der Waals surface area contributed by atoms with Gasteiger partial charge in [0, 0.05) is 78.3 Å². The zero-order valence-electron chi connectivity index (χ0n) is 26.0. The van der Waals surface area contributed by atoms with E-state index in [0.29, 0.717) is 125 Å². The standard InChI is InChI=1S/C27H50N6O12/c28-3-13-40-15-17-42-18-16-41-14-4-29-25(37)1-2-26(45-24-36)33-11-9-30(19-27(38)39)5-6-31(20-43-22-34)7-8-32(10-12-33)21-44-23-35/h22-24,26H,1-21,28H2,(H,29,37)(H,38,39). The van der Waals surface area contributed by atoms with Gasteiger partial charge in [-0.3, -0.25) is 43.6 Å².